The van der Waals surface area contributed by atoms with Crippen molar-refractivity contribution >= 4 is 11.4 Å². The molecule has 0 aromatic heterocycles. The van der Waals surface area contributed by atoms with Crippen molar-refractivity contribution in [2.75, 3.05) is 11.9 Å². The largest absolute Gasteiger partial charge is 0.385 e. The highest BCUT2D eigenvalue weighted by molar-refractivity contribution is 5.58. The fourth-order valence-corrected chi connectivity index (χ4v) is 1.30. The quantitative estimate of drug-likeness (QED) is 0.469. The molecular formula is C11H13N3O2. The van der Waals surface area contributed by atoms with Gasteiger partial charge in [-0.25, -0.2) is 0 Å². The van der Waals surface area contributed by atoms with Gasteiger partial charge in [-0.3, -0.25) is 10.1 Å². The molecule has 5 nitrogen and oxygen atoms in total. The first-order chi connectivity index (χ1) is 7.69. The lowest BCUT2D eigenvalue weighted by Gasteiger charge is -2.05. The normalized spacial score (nSPS) is 9.50. The van der Waals surface area contributed by atoms with E-state index in [1.165, 1.54) is 12.1 Å². The molecule has 0 spiro atoms. The number of hydrogen-bond acceptors (Lipinski definition) is 4. The van der Waals surface area contributed by atoms with E-state index in [1.54, 1.807) is 6.07 Å². The second-order valence-electron chi connectivity index (χ2n) is 3.38. The summed E-state index contributed by atoms with van der Waals surface area (Å²) in [4.78, 5) is 10.0. The summed E-state index contributed by atoms with van der Waals surface area (Å²) in [6.45, 7) is 2.89. The molecule has 84 valence electrons. The Labute approximate surface area is 93.9 Å². The van der Waals surface area contributed by atoms with Crippen LogP contribution in [0.5, 0.6) is 0 Å². The van der Waals surface area contributed by atoms with Crippen molar-refractivity contribution in [3.05, 3.63) is 33.9 Å². The highest BCUT2D eigenvalue weighted by Gasteiger charge is 2.13. The second-order valence-corrected chi connectivity index (χ2v) is 3.38. The lowest BCUT2D eigenvalue weighted by molar-refractivity contribution is -0.385. The van der Waals surface area contributed by atoms with Crippen LogP contribution < -0.4 is 5.32 Å². The first-order valence-electron chi connectivity index (χ1n) is 5.11. The second kappa shape index (κ2) is 5.71. The summed E-state index contributed by atoms with van der Waals surface area (Å²) in [7, 11) is 0. The van der Waals surface area contributed by atoms with Crippen molar-refractivity contribution in [2.45, 2.75) is 19.8 Å². The Morgan fingerprint density at radius 2 is 2.31 bits per heavy atom. The summed E-state index contributed by atoms with van der Waals surface area (Å²) in [6, 6.07) is 6.31. The molecule has 0 atom stereocenters. The van der Waals surface area contributed by atoms with Crippen LogP contribution >= 0.6 is 0 Å². The van der Waals surface area contributed by atoms with Crippen molar-refractivity contribution in [1.29, 1.82) is 5.26 Å². The molecule has 1 N–H and O–H groups in total. The third-order valence-electron chi connectivity index (χ3n) is 2.17. The Bertz CT molecular complexity index is 424. The molecule has 1 rings (SSSR count). The summed E-state index contributed by atoms with van der Waals surface area (Å²) in [5.41, 5.74) is 0.686. The zero-order chi connectivity index (χ0) is 12.0. The number of unbranched alkanes of at least 4 members (excludes halogenated alkanes) is 1. The van der Waals surface area contributed by atoms with E-state index in [2.05, 4.69) is 12.2 Å². The van der Waals surface area contributed by atoms with E-state index < -0.39 is 4.92 Å². The fourth-order valence-electron chi connectivity index (χ4n) is 1.30. The van der Waals surface area contributed by atoms with Gasteiger partial charge in [-0.2, -0.15) is 5.26 Å². The highest BCUT2D eigenvalue weighted by atomic mass is 16.6. The number of benzene rings is 1. The predicted molar refractivity (Wildman–Crippen MR) is 61.2 cm³/mol. The average molecular weight is 219 g/mol. The molecule has 0 radical (unpaired) electrons. The van der Waals surface area contributed by atoms with Crippen molar-refractivity contribution in [2.24, 2.45) is 0 Å². The smallest absolute Gasteiger partial charge is 0.287 e. The van der Waals surface area contributed by atoms with Gasteiger partial charge >= 0.3 is 0 Å². The van der Waals surface area contributed by atoms with Crippen molar-refractivity contribution in [3.8, 4) is 6.07 Å². The summed E-state index contributed by atoms with van der Waals surface area (Å²) in [5, 5.41) is 22.5. The molecule has 1 aromatic carbocycles. The number of nitrogens with zero attached hydrogens (tertiary/aromatic N) is 2. The molecule has 0 amide bonds. The first-order valence-corrected chi connectivity index (χ1v) is 5.11. The summed E-state index contributed by atoms with van der Waals surface area (Å²) < 4.78 is 0. The minimum absolute atomic E-state index is 0.0894. The van der Waals surface area contributed by atoms with Crippen LogP contribution in [0.3, 0.4) is 0 Å². The molecule has 0 saturated carbocycles. The third-order valence-corrected chi connectivity index (χ3v) is 2.17. The van der Waals surface area contributed by atoms with Gasteiger partial charge in [0.2, 0.25) is 0 Å². The Hall–Kier alpha value is -2.09. The van der Waals surface area contributed by atoms with Gasteiger partial charge in [0.05, 0.1) is 4.92 Å². The van der Waals surface area contributed by atoms with Crippen LogP contribution in [0.1, 0.15) is 25.3 Å². The van der Waals surface area contributed by atoms with E-state index in [4.69, 9.17) is 5.26 Å². The molecule has 0 unspecified atom stereocenters. The number of rotatable bonds is 5. The minimum Gasteiger partial charge on any atom is -0.385 e. The number of nitro benzene ring substituents is 1. The van der Waals surface area contributed by atoms with Crippen LogP contribution in [-0.4, -0.2) is 11.5 Å². The van der Waals surface area contributed by atoms with Crippen LogP contribution in [0, 0.1) is 21.4 Å². The number of nitro groups is 1. The van der Waals surface area contributed by atoms with Gasteiger partial charge in [0.25, 0.3) is 5.69 Å². The molecule has 0 aliphatic heterocycles. The predicted octanol–water partition coefficient (Wildman–Crippen LogP) is 2.68. The number of hydrogen-bond donors (Lipinski definition) is 1. The van der Waals surface area contributed by atoms with E-state index in [0.29, 0.717) is 0 Å². The van der Waals surface area contributed by atoms with Crippen molar-refractivity contribution in [1.82, 2.24) is 0 Å². The number of nitriles is 1. The Balaban J connectivity index is 2.84. The van der Waals surface area contributed by atoms with Gasteiger partial charge in [-0.1, -0.05) is 13.3 Å². The molecule has 0 aliphatic rings. The van der Waals surface area contributed by atoms with Crippen molar-refractivity contribution in [3.63, 3.8) is 0 Å². The van der Waals surface area contributed by atoms with Gasteiger partial charge in [0.1, 0.15) is 11.6 Å². The third kappa shape index (κ3) is 2.95. The van der Waals surface area contributed by atoms with Crippen LogP contribution in [0.4, 0.5) is 11.4 Å². The van der Waals surface area contributed by atoms with E-state index in [0.717, 1.165) is 25.1 Å². The SMILES string of the molecule is CCCCNc1ccc([N+](=O)[O-])c(C#N)c1. The van der Waals surface area contributed by atoms with Crippen LogP contribution in [0.25, 0.3) is 0 Å². The summed E-state index contributed by atoms with van der Waals surface area (Å²) in [5.74, 6) is 0. The molecular weight excluding hydrogens is 206 g/mol. The monoisotopic (exact) mass is 219 g/mol. The maximum absolute atomic E-state index is 10.6. The zero-order valence-corrected chi connectivity index (χ0v) is 9.06. The van der Waals surface area contributed by atoms with Crippen LogP contribution in [0.15, 0.2) is 18.2 Å². The number of nitrogens with one attached hydrogen (secondary N) is 1. The minimum atomic E-state index is -0.547. The van der Waals surface area contributed by atoms with Gasteiger partial charge in [-0.05, 0) is 18.6 Å². The average Bonchev–Trinajstić information content (AvgIpc) is 2.29. The fraction of sp³-hybridized carbons (Fsp3) is 0.364. The standard InChI is InChI=1S/C11H13N3O2/c1-2-3-6-13-10-4-5-11(14(15)16)9(7-10)8-12/h4-5,7,13H,2-3,6H2,1H3. The van der Waals surface area contributed by atoms with E-state index in [-0.39, 0.29) is 11.3 Å². The molecule has 0 fully saturated rings. The van der Waals surface area contributed by atoms with E-state index in [1.807, 2.05) is 6.07 Å². The van der Waals surface area contributed by atoms with Gasteiger partial charge < -0.3 is 5.32 Å². The van der Waals surface area contributed by atoms with Gasteiger partial charge in [0, 0.05) is 18.3 Å². The molecule has 0 heterocycles. The first kappa shape index (κ1) is 12.0. The summed E-state index contributed by atoms with van der Waals surface area (Å²) in [6.07, 6.45) is 2.10. The highest BCUT2D eigenvalue weighted by Crippen LogP contribution is 2.21. The lowest BCUT2D eigenvalue weighted by atomic mass is 10.1. The van der Waals surface area contributed by atoms with Gasteiger partial charge in [-0.15, -0.1) is 0 Å². The Kier molecular flexibility index (Phi) is 4.28. The maximum atomic E-state index is 10.6. The lowest BCUT2D eigenvalue weighted by Crippen LogP contribution is -2.01. The Morgan fingerprint density at radius 1 is 1.56 bits per heavy atom. The van der Waals surface area contributed by atoms with Crippen LogP contribution in [0.2, 0.25) is 0 Å². The van der Waals surface area contributed by atoms with Crippen LogP contribution in [-0.2, 0) is 0 Å². The molecule has 0 saturated heterocycles. The van der Waals surface area contributed by atoms with Crippen molar-refractivity contribution < 1.29 is 4.92 Å². The molecule has 0 aliphatic carbocycles. The van der Waals surface area contributed by atoms with Gasteiger partial charge in [0.15, 0.2) is 0 Å². The van der Waals surface area contributed by atoms with E-state index in [9.17, 15) is 10.1 Å². The van der Waals surface area contributed by atoms with E-state index >= 15 is 0 Å². The molecule has 0 bridgehead atoms. The Morgan fingerprint density at radius 3 is 2.88 bits per heavy atom. The number of anilines is 1. The maximum Gasteiger partial charge on any atom is 0.287 e. The molecule has 16 heavy (non-hydrogen) atoms. The topological polar surface area (TPSA) is 79.0 Å². The summed E-state index contributed by atoms with van der Waals surface area (Å²) >= 11 is 0. The zero-order valence-electron chi connectivity index (χ0n) is 9.06. The molecule has 1 aromatic rings. The molecule has 5 heteroatoms.